The number of likely N-dealkylation sites (N-methyl/N-ethyl adjacent to an activating group) is 1. The molecule has 0 radical (unpaired) electrons. The van der Waals surface area contributed by atoms with Gasteiger partial charge in [-0.3, -0.25) is 15.2 Å². The Morgan fingerprint density at radius 2 is 1.62 bits per heavy atom. The number of anilines is 2. The van der Waals surface area contributed by atoms with Crippen LogP contribution in [0.2, 0.25) is 10.0 Å². The molecular formula is C18H13Cl2F6N5O. The lowest BCUT2D eigenvalue weighted by Gasteiger charge is -2.29. The Balaban J connectivity index is 1.77. The van der Waals surface area contributed by atoms with E-state index >= 15 is 0 Å². The summed E-state index contributed by atoms with van der Waals surface area (Å²) >= 11 is 11.8. The van der Waals surface area contributed by atoms with Gasteiger partial charge in [-0.15, -0.1) is 0 Å². The van der Waals surface area contributed by atoms with Crippen molar-refractivity contribution in [3.8, 4) is 0 Å². The third-order valence-corrected chi connectivity index (χ3v) is 4.98. The number of carbonyl (C=O) groups is 1. The van der Waals surface area contributed by atoms with Gasteiger partial charge >= 0.3 is 12.4 Å². The average Bonchev–Trinajstić information content (AvgIpc) is 3.16. The van der Waals surface area contributed by atoms with E-state index in [4.69, 9.17) is 23.2 Å². The van der Waals surface area contributed by atoms with Crippen molar-refractivity contribution in [2.75, 3.05) is 17.4 Å². The molecule has 0 saturated carbocycles. The van der Waals surface area contributed by atoms with Crippen molar-refractivity contribution in [3.05, 3.63) is 58.0 Å². The number of carbonyl (C=O) groups excluding carboxylic acids is 1. The van der Waals surface area contributed by atoms with Crippen LogP contribution in [0.3, 0.4) is 0 Å². The van der Waals surface area contributed by atoms with E-state index in [1.807, 2.05) is 0 Å². The van der Waals surface area contributed by atoms with Gasteiger partial charge in [-0.25, -0.2) is 9.97 Å². The minimum atomic E-state index is -4.64. The number of nitrogens with one attached hydrogen (secondary N) is 1. The van der Waals surface area contributed by atoms with Gasteiger partial charge < -0.3 is 4.90 Å². The number of pyridine rings is 2. The molecule has 1 N–H and O–H groups in total. The van der Waals surface area contributed by atoms with Crippen molar-refractivity contribution in [2.24, 2.45) is 0 Å². The van der Waals surface area contributed by atoms with E-state index in [1.165, 1.54) is 18.1 Å². The molecule has 0 aromatic carbocycles. The van der Waals surface area contributed by atoms with Gasteiger partial charge in [0.25, 0.3) is 5.91 Å². The highest BCUT2D eigenvalue weighted by atomic mass is 35.5. The SMILES string of the molecule is CN(Nc1ncc(C(F)(F)F)cc1Cl)C(=O)C1CC=CN1c1ncc(C(F)(F)F)cc1Cl. The molecule has 14 heteroatoms. The van der Waals surface area contributed by atoms with E-state index in [0.29, 0.717) is 24.5 Å². The summed E-state index contributed by atoms with van der Waals surface area (Å²) in [4.78, 5) is 21.5. The fourth-order valence-electron chi connectivity index (χ4n) is 2.85. The highest BCUT2D eigenvalue weighted by Crippen LogP contribution is 2.36. The maximum atomic E-state index is 12.9. The van der Waals surface area contributed by atoms with E-state index in [9.17, 15) is 31.1 Å². The molecule has 0 spiro atoms. The number of aromatic nitrogens is 2. The molecule has 32 heavy (non-hydrogen) atoms. The van der Waals surface area contributed by atoms with E-state index in [1.54, 1.807) is 6.08 Å². The fraction of sp³-hybridized carbons (Fsp3) is 0.278. The summed E-state index contributed by atoms with van der Waals surface area (Å²) in [5, 5.41) is 0.269. The van der Waals surface area contributed by atoms with Crippen LogP contribution in [0.4, 0.5) is 38.0 Å². The quantitative estimate of drug-likeness (QED) is 0.450. The molecule has 6 nitrogen and oxygen atoms in total. The van der Waals surface area contributed by atoms with E-state index in [2.05, 4.69) is 15.4 Å². The predicted octanol–water partition coefficient (Wildman–Crippen LogP) is 5.40. The third kappa shape index (κ3) is 5.01. The molecule has 0 bridgehead atoms. The number of nitrogens with zero attached hydrogens (tertiary/aromatic N) is 4. The Morgan fingerprint density at radius 3 is 2.16 bits per heavy atom. The number of hydrogen-bond acceptors (Lipinski definition) is 5. The number of amides is 1. The normalized spacial score (nSPS) is 16.4. The molecule has 0 fully saturated rings. The summed E-state index contributed by atoms with van der Waals surface area (Å²) in [6.45, 7) is 0. The van der Waals surface area contributed by atoms with Crippen LogP contribution >= 0.6 is 23.2 Å². The zero-order chi connectivity index (χ0) is 23.8. The molecule has 1 amide bonds. The summed E-state index contributed by atoms with van der Waals surface area (Å²) in [7, 11) is 1.29. The van der Waals surface area contributed by atoms with Crippen molar-refractivity contribution in [3.63, 3.8) is 0 Å². The summed E-state index contributed by atoms with van der Waals surface area (Å²) in [6, 6.07) is 0.429. The molecule has 3 rings (SSSR count). The zero-order valence-electron chi connectivity index (χ0n) is 16.0. The number of rotatable bonds is 4. The fourth-order valence-corrected chi connectivity index (χ4v) is 3.32. The Hall–Kier alpha value is -2.73. The Bertz CT molecular complexity index is 1060. The monoisotopic (exact) mass is 499 g/mol. The lowest BCUT2D eigenvalue weighted by atomic mass is 10.2. The molecule has 0 aliphatic carbocycles. The molecule has 3 heterocycles. The van der Waals surface area contributed by atoms with Crippen LogP contribution in [0, 0.1) is 0 Å². The third-order valence-electron chi connectivity index (χ3n) is 4.41. The standard InChI is InChI=1S/C18H13Cl2F6N5O/c1-30(29-14-11(19)5-9(7-27-14)17(21,22)23)16(32)13-3-2-4-31(13)15-12(20)6-10(8-28-15)18(24,25)26/h2,4-8,13H,3H2,1H3,(H,27,29). The van der Waals surface area contributed by atoms with Crippen LogP contribution in [-0.2, 0) is 17.1 Å². The van der Waals surface area contributed by atoms with Crippen LogP contribution in [0.15, 0.2) is 36.8 Å². The largest absolute Gasteiger partial charge is 0.417 e. The molecule has 1 aliphatic heterocycles. The van der Waals surface area contributed by atoms with Crippen LogP contribution in [-0.4, -0.2) is 34.0 Å². The average molecular weight is 500 g/mol. The van der Waals surface area contributed by atoms with Crippen LogP contribution < -0.4 is 10.3 Å². The second kappa shape index (κ2) is 8.66. The van der Waals surface area contributed by atoms with Crippen molar-refractivity contribution in [1.29, 1.82) is 0 Å². The van der Waals surface area contributed by atoms with Crippen molar-refractivity contribution in [2.45, 2.75) is 24.8 Å². The topological polar surface area (TPSA) is 61.4 Å². The van der Waals surface area contributed by atoms with Gasteiger partial charge in [0.05, 0.1) is 21.2 Å². The molecule has 1 unspecified atom stereocenters. The first-order valence-corrected chi connectivity index (χ1v) is 9.49. The molecule has 1 atom stereocenters. The van der Waals surface area contributed by atoms with Gasteiger partial charge in [-0.2, -0.15) is 26.3 Å². The van der Waals surface area contributed by atoms with Crippen LogP contribution in [0.25, 0.3) is 0 Å². The van der Waals surface area contributed by atoms with Crippen molar-refractivity contribution >= 4 is 40.7 Å². The number of hydrazine groups is 1. The molecule has 2 aromatic rings. The summed E-state index contributed by atoms with van der Waals surface area (Å²) in [6.07, 6.45) is -4.90. The van der Waals surface area contributed by atoms with Crippen molar-refractivity contribution in [1.82, 2.24) is 15.0 Å². The highest BCUT2D eigenvalue weighted by Gasteiger charge is 2.36. The lowest BCUT2D eigenvalue weighted by Crippen LogP contribution is -2.46. The van der Waals surface area contributed by atoms with E-state index in [0.717, 1.165) is 5.01 Å². The van der Waals surface area contributed by atoms with Gasteiger partial charge in [-0.05, 0) is 18.6 Å². The van der Waals surface area contributed by atoms with Crippen LogP contribution in [0.5, 0.6) is 0 Å². The molecule has 172 valence electrons. The predicted molar refractivity (Wildman–Crippen MR) is 105 cm³/mol. The van der Waals surface area contributed by atoms with E-state index < -0.39 is 35.4 Å². The van der Waals surface area contributed by atoms with E-state index in [-0.39, 0.29) is 28.1 Å². The summed E-state index contributed by atoms with van der Waals surface area (Å²) < 4.78 is 76.8. The van der Waals surface area contributed by atoms with Gasteiger partial charge in [0.15, 0.2) is 11.6 Å². The van der Waals surface area contributed by atoms with Gasteiger partial charge in [0.1, 0.15) is 6.04 Å². The lowest BCUT2D eigenvalue weighted by molar-refractivity contribution is -0.138. The molecule has 1 aliphatic rings. The first-order chi connectivity index (χ1) is 14.8. The number of alkyl halides is 6. The highest BCUT2D eigenvalue weighted by molar-refractivity contribution is 6.33. The number of hydrogen-bond donors (Lipinski definition) is 1. The molecule has 2 aromatic heterocycles. The Labute approximate surface area is 187 Å². The van der Waals surface area contributed by atoms with Gasteiger partial charge in [0.2, 0.25) is 0 Å². The molecule has 0 saturated heterocycles. The maximum Gasteiger partial charge on any atom is 0.417 e. The second-order valence-electron chi connectivity index (χ2n) is 6.63. The maximum absolute atomic E-state index is 12.9. The minimum absolute atomic E-state index is 0.0640. The van der Waals surface area contributed by atoms with Crippen LogP contribution in [0.1, 0.15) is 17.5 Å². The minimum Gasteiger partial charge on any atom is -0.319 e. The Kier molecular flexibility index (Phi) is 6.47. The first-order valence-electron chi connectivity index (χ1n) is 8.73. The molecular weight excluding hydrogens is 487 g/mol. The van der Waals surface area contributed by atoms with Crippen molar-refractivity contribution < 1.29 is 31.1 Å². The number of halogens is 8. The zero-order valence-corrected chi connectivity index (χ0v) is 17.5. The summed E-state index contributed by atoms with van der Waals surface area (Å²) in [5.41, 5.74) is 0.396. The smallest absolute Gasteiger partial charge is 0.319 e. The first kappa shape index (κ1) is 23.9. The summed E-state index contributed by atoms with van der Waals surface area (Å²) in [5.74, 6) is -0.852. The second-order valence-corrected chi connectivity index (χ2v) is 7.45. The Morgan fingerprint density at radius 1 is 1.06 bits per heavy atom. The van der Waals surface area contributed by atoms with Gasteiger partial charge in [0, 0.05) is 25.6 Å². The van der Waals surface area contributed by atoms with Gasteiger partial charge in [-0.1, -0.05) is 29.3 Å².